The minimum absolute atomic E-state index is 0.0426. The second-order valence-corrected chi connectivity index (χ2v) is 9.94. The predicted molar refractivity (Wildman–Crippen MR) is 145 cm³/mol. The highest BCUT2D eigenvalue weighted by Crippen LogP contribution is 2.31. The Bertz CT molecular complexity index is 1650. The average Bonchev–Trinajstić information content (AvgIpc) is 3.49. The summed E-state index contributed by atoms with van der Waals surface area (Å²) in [5.41, 5.74) is 3.50. The topological polar surface area (TPSA) is 98.9 Å². The Labute approximate surface area is 219 Å². The average molecular weight is 514 g/mol. The van der Waals surface area contributed by atoms with Gasteiger partial charge in [0.05, 0.1) is 42.1 Å². The van der Waals surface area contributed by atoms with Gasteiger partial charge in [-0.15, -0.1) is 0 Å². The van der Waals surface area contributed by atoms with Gasteiger partial charge in [-0.25, -0.2) is 13.9 Å². The number of benzene rings is 2. The lowest BCUT2D eigenvalue weighted by molar-refractivity contribution is 0.262. The molecule has 38 heavy (non-hydrogen) atoms. The van der Waals surface area contributed by atoms with Crippen LogP contribution in [0.5, 0.6) is 5.75 Å². The highest BCUT2D eigenvalue weighted by Gasteiger charge is 2.22. The van der Waals surface area contributed by atoms with E-state index >= 15 is 4.39 Å². The SMILES string of the molecule is COc1cccc(-n2nc(C(C)(C)C)cc2NC(=O)Nc2ccc(-c3cncc4c3cnn4C)cc2F)c1. The molecule has 2 amide bonds. The van der Waals surface area contributed by atoms with Gasteiger partial charge in [0.1, 0.15) is 17.4 Å². The summed E-state index contributed by atoms with van der Waals surface area (Å²) in [5, 5.41) is 15.2. The van der Waals surface area contributed by atoms with Crippen LogP contribution in [0.1, 0.15) is 26.5 Å². The third-order valence-electron chi connectivity index (χ3n) is 6.22. The summed E-state index contributed by atoms with van der Waals surface area (Å²) >= 11 is 0. The smallest absolute Gasteiger partial charge is 0.324 e. The fraction of sp³-hybridized carbons (Fsp3) is 0.214. The van der Waals surface area contributed by atoms with E-state index in [1.54, 1.807) is 47.2 Å². The summed E-state index contributed by atoms with van der Waals surface area (Å²) < 4.78 is 23.8. The minimum atomic E-state index is -0.600. The number of anilines is 2. The molecule has 2 N–H and O–H groups in total. The van der Waals surface area contributed by atoms with Crippen molar-refractivity contribution < 1.29 is 13.9 Å². The van der Waals surface area contributed by atoms with Gasteiger partial charge >= 0.3 is 6.03 Å². The van der Waals surface area contributed by atoms with E-state index in [1.807, 2.05) is 52.1 Å². The fourth-order valence-corrected chi connectivity index (χ4v) is 4.12. The first-order valence-electron chi connectivity index (χ1n) is 12.0. The number of urea groups is 1. The summed E-state index contributed by atoms with van der Waals surface area (Å²) in [6.07, 6.45) is 5.11. The third-order valence-corrected chi connectivity index (χ3v) is 6.22. The van der Waals surface area contributed by atoms with E-state index in [9.17, 15) is 4.79 Å². The second-order valence-electron chi connectivity index (χ2n) is 9.94. The van der Waals surface area contributed by atoms with Crippen LogP contribution in [-0.4, -0.2) is 37.7 Å². The van der Waals surface area contributed by atoms with E-state index in [2.05, 4.69) is 20.7 Å². The number of amides is 2. The molecule has 2 aromatic carbocycles. The van der Waals surface area contributed by atoms with Gasteiger partial charge in [0, 0.05) is 41.7 Å². The summed E-state index contributed by atoms with van der Waals surface area (Å²) in [6.45, 7) is 6.11. The molecule has 0 fully saturated rings. The summed E-state index contributed by atoms with van der Waals surface area (Å²) in [4.78, 5) is 17.2. The fourth-order valence-electron chi connectivity index (χ4n) is 4.12. The number of carbonyl (C=O) groups excluding carboxylic acids is 1. The number of aromatic nitrogens is 5. The van der Waals surface area contributed by atoms with Crippen molar-refractivity contribution in [1.29, 1.82) is 0 Å². The Balaban J connectivity index is 1.40. The molecule has 5 aromatic rings. The number of fused-ring (bicyclic) bond motifs is 1. The van der Waals surface area contributed by atoms with Gasteiger partial charge in [0.15, 0.2) is 0 Å². The van der Waals surface area contributed by atoms with Crippen LogP contribution in [0.15, 0.2) is 67.1 Å². The quantitative estimate of drug-likeness (QED) is 0.304. The van der Waals surface area contributed by atoms with Gasteiger partial charge in [-0.3, -0.25) is 15.0 Å². The maximum absolute atomic E-state index is 15.1. The van der Waals surface area contributed by atoms with Crippen LogP contribution in [0.2, 0.25) is 0 Å². The predicted octanol–water partition coefficient (Wildman–Crippen LogP) is 5.91. The molecule has 0 spiro atoms. The molecule has 5 rings (SSSR count). The first kappa shape index (κ1) is 24.9. The molecular formula is C28H28FN7O2. The Morgan fingerprint density at radius 2 is 1.84 bits per heavy atom. The second kappa shape index (κ2) is 9.62. The number of ether oxygens (including phenoxy) is 1. The Kier molecular flexibility index (Phi) is 6.31. The van der Waals surface area contributed by atoms with Crippen LogP contribution in [-0.2, 0) is 12.5 Å². The molecule has 0 aliphatic carbocycles. The van der Waals surface area contributed by atoms with Gasteiger partial charge in [-0.2, -0.15) is 10.2 Å². The number of hydrogen-bond acceptors (Lipinski definition) is 5. The molecule has 0 unspecified atom stereocenters. The number of hydrogen-bond donors (Lipinski definition) is 2. The van der Waals surface area contributed by atoms with Crippen LogP contribution in [0.4, 0.5) is 20.7 Å². The van der Waals surface area contributed by atoms with Gasteiger partial charge < -0.3 is 10.1 Å². The zero-order valence-corrected chi connectivity index (χ0v) is 21.8. The largest absolute Gasteiger partial charge is 0.497 e. The molecule has 0 radical (unpaired) electrons. The molecule has 10 heteroatoms. The number of halogens is 1. The zero-order valence-electron chi connectivity index (χ0n) is 21.8. The van der Waals surface area contributed by atoms with Crippen LogP contribution in [0.3, 0.4) is 0 Å². The van der Waals surface area contributed by atoms with Crippen LogP contribution in [0, 0.1) is 5.82 Å². The molecule has 0 aliphatic heterocycles. The van der Waals surface area contributed by atoms with E-state index in [1.165, 1.54) is 12.1 Å². The molecule has 0 bridgehead atoms. The Morgan fingerprint density at radius 1 is 1.03 bits per heavy atom. The third kappa shape index (κ3) is 4.80. The first-order valence-corrected chi connectivity index (χ1v) is 12.0. The van der Waals surface area contributed by atoms with E-state index in [4.69, 9.17) is 9.84 Å². The van der Waals surface area contributed by atoms with Gasteiger partial charge in [0.25, 0.3) is 0 Å². The standard InChI is InChI=1S/C28H28FN7O2/c1-28(2,3)25-13-26(36(34-25)18-7-6-8-19(12-18)38-5)33-27(37)32-23-10-9-17(11-22(23)29)20-14-30-16-24-21(20)15-31-35(24)4/h6-16H,1-5H3,(H2,32,33,37). The minimum Gasteiger partial charge on any atom is -0.497 e. The van der Waals surface area contributed by atoms with Crippen molar-refractivity contribution in [2.45, 2.75) is 26.2 Å². The molecule has 0 aliphatic rings. The molecule has 194 valence electrons. The lowest BCUT2D eigenvalue weighted by Crippen LogP contribution is -2.22. The number of rotatable bonds is 5. The number of carbonyl (C=O) groups is 1. The van der Waals surface area contributed by atoms with E-state index in [-0.39, 0.29) is 11.1 Å². The van der Waals surface area contributed by atoms with E-state index in [0.717, 1.165) is 22.2 Å². The lowest BCUT2D eigenvalue weighted by atomic mass is 9.92. The maximum Gasteiger partial charge on any atom is 0.324 e. The Hall–Kier alpha value is -4.73. The van der Waals surface area contributed by atoms with Gasteiger partial charge in [0.2, 0.25) is 0 Å². The highest BCUT2D eigenvalue weighted by atomic mass is 19.1. The molecule has 0 atom stereocenters. The van der Waals surface area contributed by atoms with Crippen molar-refractivity contribution in [1.82, 2.24) is 24.5 Å². The summed E-state index contributed by atoms with van der Waals surface area (Å²) in [7, 11) is 3.41. The molecular weight excluding hydrogens is 485 g/mol. The molecule has 0 saturated carbocycles. The molecule has 3 aromatic heterocycles. The molecule has 0 saturated heterocycles. The van der Waals surface area contributed by atoms with Crippen LogP contribution < -0.4 is 15.4 Å². The van der Waals surface area contributed by atoms with Gasteiger partial charge in [-0.1, -0.05) is 32.9 Å². The Morgan fingerprint density at radius 3 is 2.58 bits per heavy atom. The normalized spacial score (nSPS) is 11.5. The number of aryl methyl sites for hydroxylation is 1. The highest BCUT2D eigenvalue weighted by molar-refractivity contribution is 6.00. The number of methoxy groups -OCH3 is 1. The van der Waals surface area contributed by atoms with E-state index < -0.39 is 11.8 Å². The molecule has 3 heterocycles. The zero-order chi connectivity index (χ0) is 27.0. The maximum atomic E-state index is 15.1. The number of nitrogens with one attached hydrogen (secondary N) is 2. The van der Waals surface area contributed by atoms with Crippen molar-refractivity contribution in [3.8, 4) is 22.6 Å². The number of pyridine rings is 1. The van der Waals surface area contributed by atoms with Gasteiger partial charge in [-0.05, 0) is 29.8 Å². The van der Waals surface area contributed by atoms with Crippen molar-refractivity contribution >= 4 is 28.4 Å². The summed E-state index contributed by atoms with van der Waals surface area (Å²) in [5.74, 6) is 0.521. The van der Waals surface area contributed by atoms with Crippen molar-refractivity contribution in [3.05, 3.63) is 78.6 Å². The lowest BCUT2D eigenvalue weighted by Gasteiger charge is -2.14. The van der Waals surface area contributed by atoms with E-state index in [0.29, 0.717) is 22.8 Å². The molecule has 9 nitrogen and oxygen atoms in total. The van der Waals surface area contributed by atoms with Crippen LogP contribution in [0.25, 0.3) is 27.7 Å². The number of nitrogens with zero attached hydrogens (tertiary/aromatic N) is 5. The van der Waals surface area contributed by atoms with Crippen molar-refractivity contribution in [2.24, 2.45) is 7.05 Å². The van der Waals surface area contributed by atoms with Crippen molar-refractivity contribution in [2.75, 3.05) is 17.7 Å². The first-order chi connectivity index (χ1) is 18.1. The monoisotopic (exact) mass is 513 g/mol. The van der Waals surface area contributed by atoms with Crippen LogP contribution >= 0.6 is 0 Å². The van der Waals surface area contributed by atoms with Crippen molar-refractivity contribution in [3.63, 3.8) is 0 Å². The summed E-state index contributed by atoms with van der Waals surface area (Å²) in [6, 6.07) is 13.2.